The summed E-state index contributed by atoms with van der Waals surface area (Å²) in [4.78, 5) is 0. The summed E-state index contributed by atoms with van der Waals surface area (Å²) >= 11 is 0. The van der Waals surface area contributed by atoms with Gasteiger partial charge < -0.3 is 20.4 Å². The molecule has 0 bridgehead atoms. The van der Waals surface area contributed by atoms with Crippen molar-refractivity contribution in [1.82, 2.24) is 0 Å². The van der Waals surface area contributed by atoms with Gasteiger partial charge in [-0.15, -0.1) is 0 Å². The first-order valence-corrected chi connectivity index (χ1v) is 6.09. The minimum absolute atomic E-state index is 0.0576. The van der Waals surface area contributed by atoms with E-state index in [9.17, 15) is 0 Å². The second-order valence-electron chi connectivity index (χ2n) is 2.61. The van der Waals surface area contributed by atoms with Crippen LogP contribution in [-0.4, -0.2) is 51.3 Å². The monoisotopic (exact) mass is 226 g/mol. The molecular formula is C8H10O4Si2. The summed E-state index contributed by atoms with van der Waals surface area (Å²) in [6.07, 6.45) is 0. The van der Waals surface area contributed by atoms with Gasteiger partial charge in [-0.2, -0.15) is 0 Å². The second-order valence-corrected chi connectivity index (χ2v) is 5.38. The molecule has 0 fully saturated rings. The first-order valence-electron chi connectivity index (χ1n) is 3.93. The van der Waals surface area contributed by atoms with E-state index in [-0.39, 0.29) is 19.0 Å². The Morgan fingerprint density at radius 1 is 0.714 bits per heavy atom. The molecule has 0 saturated heterocycles. The maximum atomic E-state index is 8.71. The predicted molar refractivity (Wildman–Crippen MR) is 53.7 cm³/mol. The van der Waals surface area contributed by atoms with Gasteiger partial charge in [0.2, 0.25) is 0 Å². The molecule has 4 nitrogen and oxygen atoms in total. The summed E-state index contributed by atoms with van der Waals surface area (Å²) in [5.74, 6) is -2.63. The Bertz CT molecular complexity index is 244. The zero-order valence-electron chi connectivity index (χ0n) is 7.25. The zero-order valence-corrected chi connectivity index (χ0v) is 9.25. The lowest BCUT2D eigenvalue weighted by molar-refractivity contribution is 0.0297. The van der Waals surface area contributed by atoms with E-state index in [1.807, 2.05) is 0 Å². The van der Waals surface area contributed by atoms with E-state index >= 15 is 0 Å². The van der Waals surface area contributed by atoms with Crippen molar-refractivity contribution in [3.8, 4) is 0 Å². The highest BCUT2D eigenvalue weighted by Crippen LogP contribution is 1.83. The van der Waals surface area contributed by atoms with Crippen molar-refractivity contribution in [2.75, 3.05) is 0 Å². The molecule has 74 valence electrons. The van der Waals surface area contributed by atoms with Gasteiger partial charge >= 0.3 is 0 Å². The van der Waals surface area contributed by atoms with Crippen LogP contribution in [0.5, 0.6) is 0 Å². The number of aliphatic hydroxyl groups is 4. The van der Waals surface area contributed by atoms with Gasteiger partial charge in [0.05, 0.1) is 0 Å². The van der Waals surface area contributed by atoms with E-state index in [1.54, 1.807) is 24.3 Å². The highest BCUT2D eigenvalue weighted by molar-refractivity contribution is 6.56. The van der Waals surface area contributed by atoms with Crippen LogP contribution in [0, 0.1) is 0 Å². The molecule has 6 heteroatoms. The number of benzene rings is 1. The summed E-state index contributed by atoms with van der Waals surface area (Å²) in [7, 11) is -0.115. The van der Waals surface area contributed by atoms with Crippen LogP contribution >= 0.6 is 0 Å². The molecule has 0 aromatic heterocycles. The van der Waals surface area contributed by atoms with Crippen LogP contribution in [-0.2, 0) is 0 Å². The van der Waals surface area contributed by atoms with Gasteiger partial charge in [-0.1, -0.05) is 34.6 Å². The normalized spacial score (nSPS) is 11.3. The zero-order chi connectivity index (χ0) is 10.6. The maximum Gasteiger partial charge on any atom is 0.156 e. The van der Waals surface area contributed by atoms with Gasteiger partial charge in [0.15, 0.2) is 19.0 Å². The minimum Gasteiger partial charge on any atom is -0.372 e. The summed E-state index contributed by atoms with van der Waals surface area (Å²) in [6, 6.07) is 7.01. The Labute approximate surface area is 86.5 Å². The van der Waals surface area contributed by atoms with Crippen LogP contribution in [0.3, 0.4) is 0 Å². The third kappa shape index (κ3) is 4.14. The minimum atomic E-state index is -1.31. The second kappa shape index (κ2) is 5.39. The maximum absolute atomic E-state index is 8.71. The van der Waals surface area contributed by atoms with Crippen LogP contribution in [0.15, 0.2) is 24.3 Å². The molecule has 0 spiro atoms. The summed E-state index contributed by atoms with van der Waals surface area (Å²) in [5, 5.41) is 36.5. The lowest BCUT2D eigenvalue weighted by Gasteiger charge is -2.04. The standard InChI is InChI=1S/C8H10O4Si2/c9-7(10)13-5-1-2-6(4-3-5)14-8(11)12/h1-4,7-12H. The lowest BCUT2D eigenvalue weighted by atomic mass is 10.4. The Morgan fingerprint density at radius 2 is 1.00 bits per heavy atom. The van der Waals surface area contributed by atoms with Gasteiger partial charge in [0.1, 0.15) is 11.8 Å². The number of hydrogen-bond donors (Lipinski definition) is 4. The van der Waals surface area contributed by atoms with E-state index < -0.39 is 11.8 Å². The number of aliphatic hydroxyl groups excluding tert-OH is 2. The third-order valence-corrected chi connectivity index (χ3v) is 3.33. The Balaban J connectivity index is 2.59. The summed E-state index contributed by atoms with van der Waals surface area (Å²) in [5.41, 5.74) is 0. The molecule has 14 heavy (non-hydrogen) atoms. The smallest absolute Gasteiger partial charge is 0.156 e. The average molecular weight is 226 g/mol. The van der Waals surface area contributed by atoms with Crippen LogP contribution < -0.4 is 10.4 Å². The van der Waals surface area contributed by atoms with E-state index in [1.165, 1.54) is 0 Å². The molecule has 0 aliphatic carbocycles. The molecule has 0 atom stereocenters. The fraction of sp³-hybridized carbons (Fsp3) is 0.250. The molecule has 0 unspecified atom stereocenters. The van der Waals surface area contributed by atoms with Crippen molar-refractivity contribution in [3.63, 3.8) is 0 Å². The van der Waals surface area contributed by atoms with Gasteiger partial charge in [0, 0.05) is 0 Å². The fourth-order valence-corrected chi connectivity index (χ4v) is 2.28. The molecule has 4 radical (unpaired) electrons. The quantitative estimate of drug-likeness (QED) is 0.323. The van der Waals surface area contributed by atoms with Crippen LogP contribution in [0.25, 0.3) is 0 Å². The average Bonchev–Trinajstić information content (AvgIpc) is 2.06. The van der Waals surface area contributed by atoms with Crippen molar-refractivity contribution >= 4 is 29.4 Å². The van der Waals surface area contributed by atoms with E-state index in [2.05, 4.69) is 0 Å². The molecule has 0 amide bonds. The van der Waals surface area contributed by atoms with Crippen LogP contribution in [0.4, 0.5) is 0 Å². The van der Waals surface area contributed by atoms with Crippen LogP contribution in [0.1, 0.15) is 0 Å². The molecule has 1 aromatic carbocycles. The van der Waals surface area contributed by atoms with Gasteiger partial charge in [0.25, 0.3) is 0 Å². The van der Waals surface area contributed by atoms with E-state index in [0.29, 0.717) is 0 Å². The van der Waals surface area contributed by atoms with Crippen molar-refractivity contribution in [2.45, 2.75) is 11.8 Å². The number of rotatable bonds is 4. The molecule has 0 heterocycles. The SMILES string of the molecule is OC(O)[Si]c1ccc([Si]C(O)O)cc1. The first kappa shape index (κ1) is 11.6. The molecule has 0 aliphatic rings. The van der Waals surface area contributed by atoms with Gasteiger partial charge in [-0.05, 0) is 0 Å². The third-order valence-electron chi connectivity index (χ3n) is 1.48. The van der Waals surface area contributed by atoms with E-state index in [4.69, 9.17) is 20.4 Å². The number of hydrogen-bond acceptors (Lipinski definition) is 4. The van der Waals surface area contributed by atoms with Gasteiger partial charge in [-0.3, -0.25) is 0 Å². The topological polar surface area (TPSA) is 80.9 Å². The highest BCUT2D eigenvalue weighted by atomic mass is 28.2. The molecule has 1 rings (SSSR count). The molecule has 0 saturated carbocycles. The molecule has 4 N–H and O–H groups in total. The predicted octanol–water partition coefficient (Wildman–Crippen LogP) is -3.12. The lowest BCUT2D eigenvalue weighted by Crippen LogP contribution is -2.31. The molecular weight excluding hydrogens is 216 g/mol. The molecule has 0 aliphatic heterocycles. The van der Waals surface area contributed by atoms with E-state index in [0.717, 1.165) is 10.4 Å². The highest BCUT2D eigenvalue weighted by Gasteiger charge is 2.05. The Morgan fingerprint density at radius 3 is 1.21 bits per heavy atom. The van der Waals surface area contributed by atoms with Crippen molar-refractivity contribution < 1.29 is 20.4 Å². The van der Waals surface area contributed by atoms with Crippen LogP contribution in [0.2, 0.25) is 0 Å². The fourth-order valence-electron chi connectivity index (χ4n) is 0.961. The summed E-state index contributed by atoms with van der Waals surface area (Å²) < 4.78 is 0. The van der Waals surface area contributed by atoms with Crippen molar-refractivity contribution in [2.24, 2.45) is 0 Å². The van der Waals surface area contributed by atoms with Gasteiger partial charge in [-0.25, -0.2) is 0 Å². The first-order chi connectivity index (χ1) is 6.58. The Hall–Kier alpha value is -0.506. The Kier molecular flexibility index (Phi) is 4.46. The molecule has 1 aromatic rings. The van der Waals surface area contributed by atoms with Crippen molar-refractivity contribution in [3.05, 3.63) is 24.3 Å². The van der Waals surface area contributed by atoms with Crippen molar-refractivity contribution in [1.29, 1.82) is 0 Å². The largest absolute Gasteiger partial charge is 0.372 e. The summed E-state index contributed by atoms with van der Waals surface area (Å²) in [6.45, 7) is 0.